The molecule has 1 atom stereocenters. The van der Waals surface area contributed by atoms with Crippen LogP contribution >= 0.6 is 0 Å². The van der Waals surface area contributed by atoms with E-state index in [1.807, 2.05) is 0 Å². The van der Waals surface area contributed by atoms with E-state index in [-0.39, 0.29) is 10.9 Å². The Morgan fingerprint density at radius 2 is 2.00 bits per heavy atom. The van der Waals surface area contributed by atoms with Gasteiger partial charge in [0.1, 0.15) is 0 Å². The summed E-state index contributed by atoms with van der Waals surface area (Å²) >= 11 is 0. The van der Waals surface area contributed by atoms with Crippen LogP contribution in [0.15, 0.2) is 23.1 Å². The van der Waals surface area contributed by atoms with Gasteiger partial charge in [-0.2, -0.15) is 0 Å². The van der Waals surface area contributed by atoms with E-state index in [2.05, 4.69) is 16.5 Å². The zero-order chi connectivity index (χ0) is 14.8. The standard InChI is InChI=1S/C14H23N3O2S/c1-11-9-13(5-6-14(11)15)20(18,19)16-10-12(2)17-7-3-4-8-17/h5-6,9,12,16H,3-4,7-8,10,15H2,1-2H3. The number of aryl methyl sites for hydroxylation is 1. The Morgan fingerprint density at radius 3 is 2.60 bits per heavy atom. The highest BCUT2D eigenvalue weighted by atomic mass is 32.2. The van der Waals surface area contributed by atoms with Crippen molar-refractivity contribution in [3.05, 3.63) is 23.8 Å². The van der Waals surface area contributed by atoms with Crippen LogP contribution in [-0.2, 0) is 10.0 Å². The van der Waals surface area contributed by atoms with Crippen LogP contribution in [0.2, 0.25) is 0 Å². The zero-order valence-corrected chi connectivity index (χ0v) is 12.9. The van der Waals surface area contributed by atoms with Gasteiger partial charge < -0.3 is 5.73 Å². The van der Waals surface area contributed by atoms with Crippen LogP contribution in [0, 0.1) is 6.92 Å². The second-order valence-electron chi connectivity index (χ2n) is 5.46. The summed E-state index contributed by atoms with van der Waals surface area (Å²) in [6, 6.07) is 5.01. The van der Waals surface area contributed by atoms with Gasteiger partial charge in [0.05, 0.1) is 4.90 Å². The van der Waals surface area contributed by atoms with Gasteiger partial charge in [0, 0.05) is 18.3 Å². The first kappa shape index (κ1) is 15.3. The molecule has 20 heavy (non-hydrogen) atoms. The molecule has 1 heterocycles. The van der Waals surface area contributed by atoms with Crippen molar-refractivity contribution in [3.8, 4) is 0 Å². The summed E-state index contributed by atoms with van der Waals surface area (Å²) in [5.74, 6) is 0. The van der Waals surface area contributed by atoms with Crippen molar-refractivity contribution in [2.24, 2.45) is 0 Å². The lowest BCUT2D eigenvalue weighted by atomic mass is 10.2. The summed E-state index contributed by atoms with van der Waals surface area (Å²) in [5, 5.41) is 0. The van der Waals surface area contributed by atoms with Crippen LogP contribution in [0.3, 0.4) is 0 Å². The number of benzene rings is 1. The molecule has 1 aliphatic rings. The van der Waals surface area contributed by atoms with E-state index in [0.717, 1.165) is 18.7 Å². The van der Waals surface area contributed by atoms with Gasteiger partial charge in [-0.15, -0.1) is 0 Å². The van der Waals surface area contributed by atoms with E-state index in [9.17, 15) is 8.42 Å². The number of rotatable bonds is 5. The SMILES string of the molecule is Cc1cc(S(=O)(=O)NCC(C)N2CCCC2)ccc1N. The largest absolute Gasteiger partial charge is 0.399 e. The first-order chi connectivity index (χ1) is 9.40. The molecule has 0 saturated carbocycles. The van der Waals surface area contributed by atoms with Gasteiger partial charge in [-0.1, -0.05) is 0 Å². The third-order valence-corrected chi connectivity index (χ3v) is 5.31. The number of hydrogen-bond donors (Lipinski definition) is 2. The van der Waals surface area contributed by atoms with Crippen molar-refractivity contribution in [1.82, 2.24) is 9.62 Å². The summed E-state index contributed by atoms with van der Waals surface area (Å²) in [6.07, 6.45) is 2.41. The topological polar surface area (TPSA) is 75.4 Å². The number of nitrogens with two attached hydrogens (primary N) is 1. The van der Waals surface area contributed by atoms with Gasteiger partial charge in [0.25, 0.3) is 0 Å². The highest BCUT2D eigenvalue weighted by Gasteiger charge is 2.21. The average molecular weight is 297 g/mol. The fourth-order valence-electron chi connectivity index (χ4n) is 2.44. The fourth-order valence-corrected chi connectivity index (χ4v) is 3.65. The number of nitrogens with zero attached hydrogens (tertiary/aromatic N) is 1. The highest BCUT2D eigenvalue weighted by molar-refractivity contribution is 7.89. The van der Waals surface area contributed by atoms with Crippen LogP contribution < -0.4 is 10.5 Å². The highest BCUT2D eigenvalue weighted by Crippen LogP contribution is 2.17. The molecular weight excluding hydrogens is 274 g/mol. The molecule has 1 aromatic carbocycles. The van der Waals surface area contributed by atoms with Gasteiger partial charge in [-0.25, -0.2) is 13.1 Å². The van der Waals surface area contributed by atoms with E-state index in [4.69, 9.17) is 5.73 Å². The maximum absolute atomic E-state index is 12.2. The Kier molecular flexibility index (Phi) is 4.67. The van der Waals surface area contributed by atoms with Crippen LogP contribution in [0.25, 0.3) is 0 Å². The van der Waals surface area contributed by atoms with E-state index in [1.165, 1.54) is 12.8 Å². The Balaban J connectivity index is 2.01. The fraction of sp³-hybridized carbons (Fsp3) is 0.571. The van der Waals surface area contributed by atoms with Gasteiger partial charge in [-0.3, -0.25) is 4.90 Å². The van der Waals surface area contributed by atoms with Gasteiger partial charge in [0.2, 0.25) is 10.0 Å². The number of hydrogen-bond acceptors (Lipinski definition) is 4. The molecule has 1 aromatic rings. The van der Waals surface area contributed by atoms with Crippen molar-refractivity contribution in [3.63, 3.8) is 0 Å². The molecule has 2 rings (SSSR count). The smallest absolute Gasteiger partial charge is 0.240 e. The number of sulfonamides is 1. The quantitative estimate of drug-likeness (QED) is 0.804. The normalized spacial score (nSPS) is 18.3. The first-order valence-electron chi connectivity index (χ1n) is 7.00. The molecule has 5 nitrogen and oxygen atoms in total. The summed E-state index contributed by atoms with van der Waals surface area (Å²) in [4.78, 5) is 2.59. The van der Waals surface area contributed by atoms with Crippen molar-refractivity contribution in [2.45, 2.75) is 37.6 Å². The Bertz CT molecular complexity index is 566. The molecule has 1 unspecified atom stereocenters. The maximum Gasteiger partial charge on any atom is 0.240 e. The minimum Gasteiger partial charge on any atom is -0.399 e. The summed E-state index contributed by atoms with van der Waals surface area (Å²) in [5.41, 5.74) is 7.10. The van der Waals surface area contributed by atoms with Crippen LogP contribution in [0.4, 0.5) is 5.69 Å². The van der Waals surface area contributed by atoms with Gasteiger partial charge >= 0.3 is 0 Å². The zero-order valence-electron chi connectivity index (χ0n) is 12.1. The summed E-state index contributed by atoms with van der Waals surface area (Å²) in [6.45, 7) is 6.42. The Hall–Kier alpha value is -1.11. The third kappa shape index (κ3) is 3.50. The maximum atomic E-state index is 12.2. The lowest BCUT2D eigenvalue weighted by Gasteiger charge is -2.23. The summed E-state index contributed by atoms with van der Waals surface area (Å²) < 4.78 is 27.2. The van der Waals surface area contributed by atoms with Crippen LogP contribution in [-0.4, -0.2) is 39.0 Å². The second kappa shape index (κ2) is 6.11. The predicted molar refractivity (Wildman–Crippen MR) is 81.0 cm³/mol. The minimum absolute atomic E-state index is 0.224. The molecule has 6 heteroatoms. The van der Waals surface area contributed by atoms with E-state index in [1.54, 1.807) is 25.1 Å². The van der Waals surface area contributed by atoms with Crippen LogP contribution in [0.1, 0.15) is 25.3 Å². The van der Waals surface area contributed by atoms with Crippen molar-refractivity contribution < 1.29 is 8.42 Å². The van der Waals surface area contributed by atoms with Crippen molar-refractivity contribution in [1.29, 1.82) is 0 Å². The average Bonchev–Trinajstić information content (AvgIpc) is 2.93. The molecule has 1 aliphatic heterocycles. The molecule has 0 bridgehead atoms. The molecule has 0 aliphatic carbocycles. The minimum atomic E-state index is -3.46. The number of anilines is 1. The molecule has 1 fully saturated rings. The summed E-state index contributed by atoms with van der Waals surface area (Å²) in [7, 11) is -3.46. The second-order valence-corrected chi connectivity index (χ2v) is 7.23. The lowest BCUT2D eigenvalue weighted by Crippen LogP contribution is -2.40. The van der Waals surface area contributed by atoms with Crippen molar-refractivity contribution in [2.75, 3.05) is 25.4 Å². The molecule has 0 radical (unpaired) electrons. The molecule has 112 valence electrons. The van der Waals surface area contributed by atoms with Gasteiger partial charge in [-0.05, 0) is 63.5 Å². The van der Waals surface area contributed by atoms with E-state index < -0.39 is 10.0 Å². The monoisotopic (exact) mass is 297 g/mol. The number of nitrogens with one attached hydrogen (secondary N) is 1. The molecule has 0 spiro atoms. The molecule has 0 amide bonds. The molecule has 3 N–H and O–H groups in total. The van der Waals surface area contributed by atoms with E-state index in [0.29, 0.717) is 12.2 Å². The Labute approximate surface area is 121 Å². The number of nitrogen functional groups attached to an aromatic ring is 1. The first-order valence-corrected chi connectivity index (χ1v) is 8.48. The Morgan fingerprint density at radius 1 is 1.35 bits per heavy atom. The predicted octanol–water partition coefficient (Wildman–Crippen LogP) is 1.34. The lowest BCUT2D eigenvalue weighted by molar-refractivity contribution is 0.260. The van der Waals surface area contributed by atoms with Gasteiger partial charge in [0.15, 0.2) is 0 Å². The molecular formula is C14H23N3O2S. The number of likely N-dealkylation sites (tertiary alicyclic amines) is 1. The van der Waals surface area contributed by atoms with E-state index >= 15 is 0 Å². The van der Waals surface area contributed by atoms with Crippen LogP contribution in [0.5, 0.6) is 0 Å². The molecule has 1 saturated heterocycles. The molecule has 0 aromatic heterocycles. The third-order valence-electron chi connectivity index (χ3n) is 3.88. The van der Waals surface area contributed by atoms with Crippen molar-refractivity contribution >= 4 is 15.7 Å².